The highest BCUT2D eigenvalue weighted by Crippen LogP contribution is 2.21. The molecule has 2 rings (SSSR count). The normalized spacial score (nSPS) is 18.7. The molecular weight excluding hydrogens is 232 g/mol. The third kappa shape index (κ3) is 2.58. The number of nitrogens with zero attached hydrogens (tertiary/aromatic N) is 3. The van der Waals surface area contributed by atoms with Gasteiger partial charge in [-0.2, -0.15) is 0 Å². The molecule has 0 bridgehead atoms. The number of nitrogens with two attached hydrogens (primary N) is 1. The number of anilines is 1. The molecule has 0 aromatic carbocycles. The largest absolute Gasteiger partial charge is 0.486 e. The van der Waals surface area contributed by atoms with Crippen molar-refractivity contribution < 1.29 is 9.53 Å². The molecule has 1 amide bonds. The summed E-state index contributed by atoms with van der Waals surface area (Å²) >= 11 is 0. The van der Waals surface area contributed by atoms with Gasteiger partial charge in [-0.05, 0) is 18.9 Å². The second-order valence-corrected chi connectivity index (χ2v) is 4.12. The van der Waals surface area contributed by atoms with E-state index in [0.717, 1.165) is 19.4 Å². The summed E-state index contributed by atoms with van der Waals surface area (Å²) in [6, 6.07) is 0.0649. The molecule has 0 spiro atoms. The molecule has 6 heteroatoms. The zero-order valence-corrected chi connectivity index (χ0v) is 10.1. The molecule has 2 heterocycles. The Labute approximate surface area is 105 Å². The molecule has 1 aliphatic rings. The van der Waals surface area contributed by atoms with E-state index in [1.807, 2.05) is 0 Å². The molecule has 96 valence electrons. The van der Waals surface area contributed by atoms with E-state index in [1.54, 1.807) is 4.90 Å². The number of amides is 1. The van der Waals surface area contributed by atoms with Crippen molar-refractivity contribution in [1.82, 2.24) is 14.9 Å². The van der Waals surface area contributed by atoms with E-state index in [4.69, 9.17) is 10.5 Å². The van der Waals surface area contributed by atoms with Crippen LogP contribution in [0.25, 0.3) is 0 Å². The molecule has 1 aromatic rings. The minimum Gasteiger partial charge on any atom is -0.486 e. The molecule has 1 atom stereocenters. The Morgan fingerprint density at radius 2 is 2.56 bits per heavy atom. The van der Waals surface area contributed by atoms with Crippen LogP contribution in [0.1, 0.15) is 12.8 Å². The van der Waals surface area contributed by atoms with Crippen molar-refractivity contribution in [2.45, 2.75) is 18.9 Å². The predicted octanol–water partition coefficient (Wildman–Crippen LogP) is 0.615. The van der Waals surface area contributed by atoms with E-state index in [9.17, 15) is 4.79 Å². The maximum absolute atomic E-state index is 11.6. The maximum Gasteiger partial charge on any atom is 0.246 e. The Morgan fingerprint density at radius 1 is 1.72 bits per heavy atom. The second-order valence-electron chi connectivity index (χ2n) is 4.12. The summed E-state index contributed by atoms with van der Waals surface area (Å²) in [5, 5.41) is 0. The van der Waals surface area contributed by atoms with Crippen LogP contribution in [-0.4, -0.2) is 40.0 Å². The van der Waals surface area contributed by atoms with Gasteiger partial charge >= 0.3 is 0 Å². The molecule has 6 nitrogen and oxygen atoms in total. The molecule has 1 fully saturated rings. The first kappa shape index (κ1) is 12.3. The fourth-order valence-electron chi connectivity index (χ4n) is 2.04. The predicted molar refractivity (Wildman–Crippen MR) is 66.9 cm³/mol. The van der Waals surface area contributed by atoms with Crippen molar-refractivity contribution in [2.24, 2.45) is 0 Å². The number of hydrogen-bond donors (Lipinski definition) is 1. The molecule has 0 saturated carbocycles. The SMILES string of the molecule is C=CC(=O)N1CCCC1COc1cncnc1N. The van der Waals surface area contributed by atoms with E-state index >= 15 is 0 Å². The van der Waals surface area contributed by atoms with Crippen molar-refractivity contribution in [3.63, 3.8) is 0 Å². The summed E-state index contributed by atoms with van der Waals surface area (Å²) in [5.74, 6) is 0.707. The summed E-state index contributed by atoms with van der Waals surface area (Å²) in [4.78, 5) is 21.1. The van der Waals surface area contributed by atoms with Gasteiger partial charge in [0, 0.05) is 6.54 Å². The van der Waals surface area contributed by atoms with Crippen molar-refractivity contribution in [3.8, 4) is 5.75 Å². The van der Waals surface area contributed by atoms with Crippen LogP contribution in [-0.2, 0) is 4.79 Å². The number of likely N-dealkylation sites (tertiary alicyclic amines) is 1. The highest BCUT2D eigenvalue weighted by molar-refractivity contribution is 5.87. The quantitative estimate of drug-likeness (QED) is 0.790. The van der Waals surface area contributed by atoms with Crippen LogP contribution in [0.2, 0.25) is 0 Å². The molecular formula is C12H16N4O2. The maximum atomic E-state index is 11.6. The van der Waals surface area contributed by atoms with Gasteiger partial charge in [0.1, 0.15) is 12.9 Å². The van der Waals surface area contributed by atoms with Gasteiger partial charge in [0.2, 0.25) is 5.91 Å². The van der Waals surface area contributed by atoms with Gasteiger partial charge in [-0.15, -0.1) is 0 Å². The van der Waals surface area contributed by atoms with Crippen LogP contribution < -0.4 is 10.5 Å². The lowest BCUT2D eigenvalue weighted by Gasteiger charge is -2.23. The molecule has 2 N–H and O–H groups in total. The van der Waals surface area contributed by atoms with Gasteiger partial charge in [-0.1, -0.05) is 6.58 Å². The Bertz CT molecular complexity index is 449. The monoisotopic (exact) mass is 248 g/mol. The zero-order chi connectivity index (χ0) is 13.0. The number of nitrogen functional groups attached to an aromatic ring is 1. The van der Waals surface area contributed by atoms with Gasteiger partial charge in [0.25, 0.3) is 0 Å². The number of rotatable bonds is 4. The topological polar surface area (TPSA) is 81.3 Å². The summed E-state index contributed by atoms with van der Waals surface area (Å²) in [6.45, 7) is 4.65. The number of ether oxygens (including phenoxy) is 1. The minimum atomic E-state index is -0.0571. The van der Waals surface area contributed by atoms with Crippen molar-refractivity contribution in [2.75, 3.05) is 18.9 Å². The standard InChI is InChI=1S/C12H16N4O2/c1-2-11(17)16-5-3-4-9(16)7-18-10-6-14-8-15-12(10)13/h2,6,8-9H,1,3-5,7H2,(H2,13,14,15). The van der Waals surface area contributed by atoms with E-state index in [-0.39, 0.29) is 11.9 Å². The first-order valence-corrected chi connectivity index (χ1v) is 5.83. The molecule has 1 aromatic heterocycles. The highest BCUT2D eigenvalue weighted by atomic mass is 16.5. The van der Waals surface area contributed by atoms with Gasteiger partial charge in [0.05, 0.1) is 12.2 Å². The lowest BCUT2D eigenvalue weighted by Crippen LogP contribution is -2.38. The summed E-state index contributed by atoms with van der Waals surface area (Å²) in [7, 11) is 0. The van der Waals surface area contributed by atoms with E-state index in [2.05, 4.69) is 16.5 Å². The van der Waals surface area contributed by atoms with E-state index in [1.165, 1.54) is 18.6 Å². The first-order chi connectivity index (χ1) is 8.72. The molecule has 0 radical (unpaired) electrons. The van der Waals surface area contributed by atoms with Crippen LogP contribution in [0, 0.1) is 0 Å². The van der Waals surface area contributed by atoms with Gasteiger partial charge < -0.3 is 15.4 Å². The number of carbonyl (C=O) groups excluding carboxylic acids is 1. The average Bonchev–Trinajstić information content (AvgIpc) is 2.85. The molecule has 1 unspecified atom stereocenters. The van der Waals surface area contributed by atoms with Gasteiger partial charge in [-0.25, -0.2) is 9.97 Å². The first-order valence-electron chi connectivity index (χ1n) is 5.83. The Hall–Kier alpha value is -2.11. The molecule has 1 aliphatic heterocycles. The summed E-state index contributed by atoms with van der Waals surface area (Å²) in [5.41, 5.74) is 5.65. The molecule has 18 heavy (non-hydrogen) atoms. The molecule has 0 aliphatic carbocycles. The number of aromatic nitrogens is 2. The molecule has 1 saturated heterocycles. The van der Waals surface area contributed by atoms with Gasteiger partial charge in [-0.3, -0.25) is 4.79 Å². The Balaban J connectivity index is 1.96. The fraction of sp³-hybridized carbons (Fsp3) is 0.417. The Morgan fingerprint density at radius 3 is 3.28 bits per heavy atom. The van der Waals surface area contributed by atoms with Crippen LogP contribution in [0.3, 0.4) is 0 Å². The zero-order valence-electron chi connectivity index (χ0n) is 10.1. The number of hydrogen-bond acceptors (Lipinski definition) is 5. The van der Waals surface area contributed by atoms with Crippen LogP contribution in [0.4, 0.5) is 5.82 Å². The lowest BCUT2D eigenvalue weighted by molar-refractivity contribution is -0.127. The minimum absolute atomic E-state index is 0.0571. The lowest BCUT2D eigenvalue weighted by atomic mass is 10.2. The van der Waals surface area contributed by atoms with Crippen LogP contribution in [0.5, 0.6) is 5.75 Å². The van der Waals surface area contributed by atoms with E-state index < -0.39 is 0 Å². The van der Waals surface area contributed by atoms with Crippen LogP contribution in [0.15, 0.2) is 25.2 Å². The summed E-state index contributed by atoms with van der Waals surface area (Å²) < 4.78 is 5.57. The van der Waals surface area contributed by atoms with Crippen molar-refractivity contribution >= 4 is 11.7 Å². The average molecular weight is 248 g/mol. The number of carbonyl (C=O) groups is 1. The second kappa shape index (κ2) is 5.48. The third-order valence-corrected chi connectivity index (χ3v) is 2.97. The van der Waals surface area contributed by atoms with Crippen molar-refractivity contribution in [3.05, 3.63) is 25.2 Å². The smallest absolute Gasteiger partial charge is 0.246 e. The fourth-order valence-corrected chi connectivity index (χ4v) is 2.04. The van der Waals surface area contributed by atoms with E-state index in [0.29, 0.717) is 18.2 Å². The summed E-state index contributed by atoms with van der Waals surface area (Å²) in [6.07, 6.45) is 6.13. The Kier molecular flexibility index (Phi) is 3.76. The van der Waals surface area contributed by atoms with Crippen molar-refractivity contribution in [1.29, 1.82) is 0 Å². The van der Waals surface area contributed by atoms with Gasteiger partial charge in [0.15, 0.2) is 11.6 Å². The third-order valence-electron chi connectivity index (χ3n) is 2.97. The van der Waals surface area contributed by atoms with Crippen LogP contribution >= 0.6 is 0 Å². The highest BCUT2D eigenvalue weighted by Gasteiger charge is 2.27.